The molecule has 9 nitrogen and oxygen atoms in total. The summed E-state index contributed by atoms with van der Waals surface area (Å²) in [6.45, 7) is 2.25. The molecule has 0 radical (unpaired) electrons. The van der Waals surface area contributed by atoms with Crippen molar-refractivity contribution >= 4 is 6.03 Å². The molecule has 0 saturated carbocycles. The van der Waals surface area contributed by atoms with E-state index in [4.69, 9.17) is 9.47 Å². The van der Waals surface area contributed by atoms with Gasteiger partial charge in [-0.25, -0.2) is 9.78 Å². The molecule has 4 aliphatic heterocycles. The van der Waals surface area contributed by atoms with E-state index in [0.717, 1.165) is 44.5 Å². The van der Waals surface area contributed by atoms with E-state index in [-0.39, 0.29) is 42.7 Å². The summed E-state index contributed by atoms with van der Waals surface area (Å²) in [6.07, 6.45) is 8.05. The largest absolute Gasteiger partial charge is 0.376 e. The van der Waals surface area contributed by atoms with Crippen LogP contribution in [-0.4, -0.2) is 71.4 Å². The maximum atomic E-state index is 12.8. The SMILES string of the molecule is O=C1NC2NCCC3OCCCCOC4NC(CCC4c4ncc[nH]4)N1C23. The molecular weight excluding hydrogens is 348 g/mol. The maximum absolute atomic E-state index is 12.8. The van der Waals surface area contributed by atoms with Crippen molar-refractivity contribution in [2.24, 2.45) is 0 Å². The van der Waals surface area contributed by atoms with Crippen molar-refractivity contribution in [2.75, 3.05) is 19.8 Å². The monoisotopic (exact) mass is 376 g/mol. The van der Waals surface area contributed by atoms with Gasteiger partial charge in [-0.15, -0.1) is 0 Å². The number of amides is 2. The Bertz CT molecular complexity index is 656. The molecule has 148 valence electrons. The second-order valence-electron chi connectivity index (χ2n) is 7.82. The third-order valence-corrected chi connectivity index (χ3v) is 6.20. The van der Waals surface area contributed by atoms with E-state index < -0.39 is 0 Å². The minimum Gasteiger partial charge on any atom is -0.376 e. The van der Waals surface area contributed by atoms with Crippen LogP contribution in [0.25, 0.3) is 0 Å². The van der Waals surface area contributed by atoms with Crippen LogP contribution in [0.5, 0.6) is 0 Å². The molecule has 0 aliphatic carbocycles. The predicted molar refractivity (Wildman–Crippen MR) is 96.8 cm³/mol. The van der Waals surface area contributed by atoms with E-state index in [1.54, 1.807) is 6.20 Å². The molecule has 27 heavy (non-hydrogen) atoms. The molecule has 0 aromatic carbocycles. The third kappa shape index (κ3) is 3.22. The van der Waals surface area contributed by atoms with Crippen molar-refractivity contribution in [3.63, 3.8) is 0 Å². The fourth-order valence-corrected chi connectivity index (χ4v) is 4.91. The van der Waals surface area contributed by atoms with Crippen molar-refractivity contribution in [1.82, 2.24) is 30.8 Å². The molecule has 4 fully saturated rings. The zero-order valence-corrected chi connectivity index (χ0v) is 15.4. The summed E-state index contributed by atoms with van der Waals surface area (Å²) in [6, 6.07) is -0.0262. The van der Waals surface area contributed by atoms with Gasteiger partial charge in [0.2, 0.25) is 0 Å². The smallest absolute Gasteiger partial charge is 0.320 e. The highest BCUT2D eigenvalue weighted by atomic mass is 16.5. The van der Waals surface area contributed by atoms with Crippen LogP contribution in [0.3, 0.4) is 0 Å². The van der Waals surface area contributed by atoms with Gasteiger partial charge in [0, 0.05) is 25.6 Å². The number of urea groups is 1. The van der Waals surface area contributed by atoms with Gasteiger partial charge in [-0.1, -0.05) is 0 Å². The first-order valence-corrected chi connectivity index (χ1v) is 10.1. The Labute approximate surface area is 158 Å². The number of H-pyrrole nitrogens is 1. The summed E-state index contributed by atoms with van der Waals surface area (Å²) in [4.78, 5) is 22.4. The normalized spacial score (nSPS) is 39.9. The highest BCUT2D eigenvalue weighted by Crippen LogP contribution is 2.34. The zero-order chi connectivity index (χ0) is 18.2. The summed E-state index contributed by atoms with van der Waals surface area (Å²) in [7, 11) is 0. The molecule has 4 aliphatic rings. The number of carbonyl (C=O) groups excluding carboxylic acids is 1. The summed E-state index contributed by atoms with van der Waals surface area (Å²) in [5.41, 5.74) is 0. The van der Waals surface area contributed by atoms with E-state index in [2.05, 4.69) is 25.9 Å². The number of fused-ring (bicyclic) bond motifs is 3. The van der Waals surface area contributed by atoms with Crippen LogP contribution in [-0.2, 0) is 9.47 Å². The molecule has 2 amide bonds. The van der Waals surface area contributed by atoms with Crippen LogP contribution in [0.2, 0.25) is 0 Å². The van der Waals surface area contributed by atoms with Crippen LogP contribution < -0.4 is 16.0 Å². The molecule has 4 saturated heterocycles. The quantitative estimate of drug-likeness (QED) is 0.567. The van der Waals surface area contributed by atoms with Crippen LogP contribution in [0.15, 0.2) is 12.4 Å². The molecule has 2 bridgehead atoms. The lowest BCUT2D eigenvalue weighted by atomic mass is 9.92. The minimum absolute atomic E-state index is 0.00369. The van der Waals surface area contributed by atoms with Gasteiger partial charge in [-0.3, -0.25) is 10.6 Å². The van der Waals surface area contributed by atoms with Crippen molar-refractivity contribution in [3.05, 3.63) is 18.2 Å². The molecule has 5 rings (SSSR count). The summed E-state index contributed by atoms with van der Waals surface area (Å²) >= 11 is 0. The molecule has 6 atom stereocenters. The Morgan fingerprint density at radius 3 is 2.89 bits per heavy atom. The van der Waals surface area contributed by atoms with Crippen molar-refractivity contribution in [2.45, 2.75) is 68.7 Å². The number of nitrogens with one attached hydrogen (secondary N) is 4. The van der Waals surface area contributed by atoms with Gasteiger partial charge in [-0.2, -0.15) is 0 Å². The highest BCUT2D eigenvalue weighted by Gasteiger charge is 2.50. The standard InChI is InChI=1S/C18H28N6O3/c25-18-23-16-14-12(5-6-19-16)26-9-1-2-10-27-17-11(15-20-7-8-21-15)3-4-13(22-17)24(14)18/h7-8,11-14,16-17,19,22H,1-6,9-10H2,(H,20,21)(H,23,25). The number of carbonyl (C=O) groups is 1. The van der Waals surface area contributed by atoms with Gasteiger partial charge in [-0.05, 0) is 38.6 Å². The number of nitrogens with zero attached hydrogens (tertiary/aromatic N) is 2. The lowest BCUT2D eigenvalue weighted by molar-refractivity contribution is -0.0777. The second kappa shape index (κ2) is 7.38. The first-order chi connectivity index (χ1) is 13.3. The fourth-order valence-electron chi connectivity index (χ4n) is 4.91. The van der Waals surface area contributed by atoms with Gasteiger partial charge >= 0.3 is 6.03 Å². The van der Waals surface area contributed by atoms with E-state index >= 15 is 0 Å². The molecule has 0 spiro atoms. The lowest BCUT2D eigenvalue weighted by Gasteiger charge is -2.45. The zero-order valence-electron chi connectivity index (χ0n) is 15.4. The molecular formula is C18H28N6O3. The summed E-state index contributed by atoms with van der Waals surface area (Å²) < 4.78 is 12.4. The molecule has 9 heteroatoms. The Morgan fingerprint density at radius 2 is 2.04 bits per heavy atom. The summed E-state index contributed by atoms with van der Waals surface area (Å²) in [5.74, 6) is 1.11. The van der Waals surface area contributed by atoms with Gasteiger partial charge < -0.3 is 24.7 Å². The number of ether oxygens (including phenoxy) is 2. The maximum Gasteiger partial charge on any atom is 0.320 e. The average Bonchev–Trinajstić information content (AvgIpc) is 3.31. The number of imidazole rings is 1. The van der Waals surface area contributed by atoms with Crippen LogP contribution in [0, 0.1) is 0 Å². The van der Waals surface area contributed by atoms with Crippen molar-refractivity contribution < 1.29 is 14.3 Å². The van der Waals surface area contributed by atoms with Crippen molar-refractivity contribution in [3.8, 4) is 0 Å². The van der Waals surface area contributed by atoms with Crippen molar-refractivity contribution in [1.29, 1.82) is 0 Å². The Morgan fingerprint density at radius 1 is 1.15 bits per heavy atom. The first-order valence-electron chi connectivity index (χ1n) is 10.1. The Hall–Kier alpha value is -1.68. The minimum atomic E-state index is -0.155. The Kier molecular flexibility index (Phi) is 4.76. The van der Waals surface area contributed by atoms with Gasteiger partial charge in [0.05, 0.1) is 24.2 Å². The number of piperidine rings is 2. The molecule has 6 unspecified atom stereocenters. The number of hydrogen-bond acceptors (Lipinski definition) is 6. The van der Waals surface area contributed by atoms with E-state index in [1.165, 1.54) is 0 Å². The van der Waals surface area contributed by atoms with E-state index in [1.807, 2.05) is 11.1 Å². The number of aromatic nitrogens is 2. The third-order valence-electron chi connectivity index (χ3n) is 6.20. The van der Waals surface area contributed by atoms with Gasteiger partial charge in [0.1, 0.15) is 18.2 Å². The molecule has 1 aromatic heterocycles. The number of rotatable bonds is 1. The molecule has 4 N–H and O–H groups in total. The molecule has 5 heterocycles. The lowest BCUT2D eigenvalue weighted by Crippen LogP contribution is -2.64. The molecule has 1 aromatic rings. The van der Waals surface area contributed by atoms with Crippen LogP contribution >= 0.6 is 0 Å². The average molecular weight is 376 g/mol. The van der Waals surface area contributed by atoms with E-state index in [0.29, 0.717) is 13.2 Å². The second-order valence-corrected chi connectivity index (χ2v) is 7.82. The predicted octanol–water partition coefficient (Wildman–Crippen LogP) is 0.438. The van der Waals surface area contributed by atoms with Gasteiger partial charge in [0.15, 0.2) is 0 Å². The van der Waals surface area contributed by atoms with E-state index in [9.17, 15) is 4.79 Å². The number of aromatic amines is 1. The topological polar surface area (TPSA) is 104 Å². The van der Waals surface area contributed by atoms with Crippen LogP contribution in [0.4, 0.5) is 4.79 Å². The summed E-state index contributed by atoms with van der Waals surface area (Å²) in [5, 5.41) is 10.1. The first kappa shape index (κ1) is 17.4. The van der Waals surface area contributed by atoms with Crippen LogP contribution in [0.1, 0.15) is 43.8 Å². The van der Waals surface area contributed by atoms with Gasteiger partial charge in [0.25, 0.3) is 0 Å². The highest BCUT2D eigenvalue weighted by molar-refractivity contribution is 5.78. The number of hydrogen-bond donors (Lipinski definition) is 4. The Balaban J connectivity index is 1.42. The fraction of sp³-hybridized carbons (Fsp3) is 0.778.